The van der Waals surface area contributed by atoms with Crippen molar-refractivity contribution in [2.75, 3.05) is 0 Å². The molecule has 0 N–H and O–H groups in total. The first-order valence-electron chi connectivity index (χ1n) is 6.86. The molecule has 1 aliphatic heterocycles. The van der Waals surface area contributed by atoms with Gasteiger partial charge in [-0.1, -0.05) is 37.1 Å². The zero-order valence-corrected chi connectivity index (χ0v) is 13.0. The molecule has 0 bridgehead atoms. The number of ether oxygens (including phenoxy) is 1. The third-order valence-corrected chi connectivity index (χ3v) is 5.25. The Bertz CT molecular complexity index is 636. The largest absolute Gasteiger partial charge is 0.443 e. The van der Waals surface area contributed by atoms with E-state index in [1.165, 1.54) is 18.2 Å². The van der Waals surface area contributed by atoms with Gasteiger partial charge in [-0.3, -0.25) is 0 Å². The zero-order valence-electron chi connectivity index (χ0n) is 12.2. The van der Waals surface area contributed by atoms with Crippen LogP contribution < -0.4 is 0 Å². The van der Waals surface area contributed by atoms with Crippen LogP contribution in [0.25, 0.3) is 0 Å². The Morgan fingerprint density at radius 1 is 1.33 bits per heavy atom. The Kier molecular flexibility index (Phi) is 4.37. The molecule has 1 aromatic rings. The van der Waals surface area contributed by atoms with Gasteiger partial charge in [0.1, 0.15) is 12.1 Å². The number of aryl methyl sites for hydroxylation is 1. The fourth-order valence-corrected chi connectivity index (χ4v) is 3.86. The van der Waals surface area contributed by atoms with Gasteiger partial charge in [-0.2, -0.15) is 4.31 Å². The van der Waals surface area contributed by atoms with Crippen molar-refractivity contribution in [1.82, 2.24) is 4.31 Å². The van der Waals surface area contributed by atoms with E-state index in [4.69, 9.17) is 4.74 Å². The molecule has 2 rings (SSSR count). The Hall–Kier alpha value is -1.82. The standard InChI is InChI=1S/C15H19NO4S/c1-4-6-14-13(5-2)16(15(17)20-14)21(18,19)12-9-7-11(3)8-10-12/h5,7-10,13-14H,2,4,6H2,1,3H3/t13-,14-/m0/s1. The van der Waals surface area contributed by atoms with Gasteiger partial charge in [0.25, 0.3) is 10.0 Å². The van der Waals surface area contributed by atoms with Gasteiger partial charge in [-0.25, -0.2) is 13.2 Å². The molecule has 0 aliphatic carbocycles. The maximum Gasteiger partial charge on any atom is 0.424 e. The normalized spacial score (nSPS) is 22.2. The molecule has 114 valence electrons. The second kappa shape index (κ2) is 5.89. The summed E-state index contributed by atoms with van der Waals surface area (Å²) in [6.07, 6.45) is 1.54. The summed E-state index contributed by atoms with van der Waals surface area (Å²) in [5.41, 5.74) is 0.946. The molecular formula is C15H19NO4S. The Labute approximate surface area is 125 Å². The van der Waals surface area contributed by atoms with E-state index < -0.39 is 28.3 Å². The Morgan fingerprint density at radius 2 is 1.95 bits per heavy atom. The molecule has 0 spiro atoms. The molecule has 1 amide bonds. The number of benzene rings is 1. The number of rotatable bonds is 5. The molecule has 1 aromatic carbocycles. The average Bonchev–Trinajstić information content (AvgIpc) is 2.76. The summed E-state index contributed by atoms with van der Waals surface area (Å²) >= 11 is 0. The maximum absolute atomic E-state index is 12.7. The summed E-state index contributed by atoms with van der Waals surface area (Å²) in [6, 6.07) is 5.71. The van der Waals surface area contributed by atoms with Crippen molar-refractivity contribution in [3.8, 4) is 0 Å². The minimum Gasteiger partial charge on any atom is -0.443 e. The molecule has 0 radical (unpaired) electrons. The highest BCUT2D eigenvalue weighted by Crippen LogP contribution is 2.30. The molecule has 0 aromatic heterocycles. The monoisotopic (exact) mass is 309 g/mol. The summed E-state index contributed by atoms with van der Waals surface area (Å²) in [5.74, 6) is 0. The van der Waals surface area contributed by atoms with Gasteiger partial charge in [0.15, 0.2) is 0 Å². The molecule has 1 heterocycles. The smallest absolute Gasteiger partial charge is 0.424 e. The Balaban J connectivity index is 2.40. The second-order valence-corrected chi connectivity index (χ2v) is 6.87. The van der Waals surface area contributed by atoms with Gasteiger partial charge in [0.05, 0.1) is 4.90 Å². The third kappa shape index (κ3) is 2.81. The average molecular weight is 309 g/mol. The van der Waals surface area contributed by atoms with Crippen molar-refractivity contribution in [1.29, 1.82) is 0 Å². The molecule has 1 aliphatic rings. The van der Waals surface area contributed by atoms with Crippen LogP contribution in [-0.2, 0) is 14.8 Å². The van der Waals surface area contributed by atoms with Crippen LogP contribution in [0.2, 0.25) is 0 Å². The molecule has 0 saturated carbocycles. The van der Waals surface area contributed by atoms with Crippen LogP contribution in [0.3, 0.4) is 0 Å². The molecule has 5 nitrogen and oxygen atoms in total. The maximum atomic E-state index is 12.7. The quantitative estimate of drug-likeness (QED) is 0.785. The first-order chi connectivity index (χ1) is 9.91. The van der Waals surface area contributed by atoms with E-state index in [1.54, 1.807) is 12.1 Å². The number of hydrogen-bond acceptors (Lipinski definition) is 4. The van der Waals surface area contributed by atoms with E-state index in [2.05, 4.69) is 6.58 Å². The first-order valence-corrected chi connectivity index (χ1v) is 8.30. The first kappa shape index (κ1) is 15.6. The highest BCUT2D eigenvalue weighted by atomic mass is 32.2. The molecular weight excluding hydrogens is 290 g/mol. The number of carbonyl (C=O) groups excluding carboxylic acids is 1. The van der Waals surface area contributed by atoms with Crippen molar-refractivity contribution in [3.05, 3.63) is 42.5 Å². The lowest BCUT2D eigenvalue weighted by Crippen LogP contribution is -2.39. The lowest BCUT2D eigenvalue weighted by atomic mass is 10.1. The summed E-state index contributed by atoms with van der Waals surface area (Å²) in [7, 11) is -3.93. The van der Waals surface area contributed by atoms with Gasteiger partial charge in [-0.15, -0.1) is 6.58 Å². The number of carbonyl (C=O) groups is 1. The summed E-state index contributed by atoms with van der Waals surface area (Å²) < 4.78 is 31.3. The topological polar surface area (TPSA) is 63.7 Å². The highest BCUT2D eigenvalue weighted by molar-refractivity contribution is 7.89. The minimum absolute atomic E-state index is 0.0778. The lowest BCUT2D eigenvalue weighted by molar-refractivity contribution is 0.129. The van der Waals surface area contributed by atoms with Gasteiger partial charge in [0, 0.05) is 0 Å². The van der Waals surface area contributed by atoms with Crippen LogP contribution in [0.4, 0.5) is 4.79 Å². The van der Waals surface area contributed by atoms with Gasteiger partial charge in [0.2, 0.25) is 0 Å². The number of amides is 1. The number of nitrogens with zero attached hydrogens (tertiary/aromatic N) is 1. The van der Waals surface area contributed by atoms with Gasteiger partial charge < -0.3 is 4.74 Å². The predicted molar refractivity (Wildman–Crippen MR) is 79.4 cm³/mol. The highest BCUT2D eigenvalue weighted by Gasteiger charge is 2.46. The van der Waals surface area contributed by atoms with Crippen molar-refractivity contribution >= 4 is 16.1 Å². The van der Waals surface area contributed by atoms with E-state index in [0.717, 1.165) is 16.3 Å². The minimum atomic E-state index is -3.93. The van der Waals surface area contributed by atoms with Crippen LogP contribution in [0.1, 0.15) is 25.3 Å². The Morgan fingerprint density at radius 3 is 2.48 bits per heavy atom. The number of cyclic esters (lactones) is 1. The predicted octanol–water partition coefficient (Wildman–Crippen LogP) is 2.86. The molecule has 2 atom stereocenters. The van der Waals surface area contributed by atoms with E-state index >= 15 is 0 Å². The number of hydrogen-bond donors (Lipinski definition) is 0. The SMILES string of the molecule is C=C[C@H]1[C@H](CCC)OC(=O)N1S(=O)(=O)c1ccc(C)cc1. The molecule has 1 fully saturated rings. The fourth-order valence-electron chi connectivity index (χ4n) is 2.37. The van der Waals surface area contributed by atoms with Crippen molar-refractivity contribution in [2.45, 2.75) is 43.7 Å². The van der Waals surface area contributed by atoms with Crippen molar-refractivity contribution < 1.29 is 17.9 Å². The summed E-state index contributed by atoms with van der Waals surface area (Å²) in [6.45, 7) is 7.46. The zero-order chi connectivity index (χ0) is 15.6. The van der Waals surface area contributed by atoms with Crippen LogP contribution in [0.5, 0.6) is 0 Å². The van der Waals surface area contributed by atoms with Crippen LogP contribution in [-0.4, -0.2) is 31.0 Å². The molecule has 1 saturated heterocycles. The van der Waals surface area contributed by atoms with Gasteiger partial charge >= 0.3 is 6.09 Å². The molecule has 0 unspecified atom stereocenters. The van der Waals surface area contributed by atoms with E-state index in [9.17, 15) is 13.2 Å². The lowest BCUT2D eigenvalue weighted by Gasteiger charge is -2.21. The summed E-state index contributed by atoms with van der Waals surface area (Å²) in [4.78, 5) is 12.1. The van der Waals surface area contributed by atoms with Crippen LogP contribution >= 0.6 is 0 Å². The van der Waals surface area contributed by atoms with Gasteiger partial charge in [-0.05, 0) is 25.5 Å². The van der Waals surface area contributed by atoms with Crippen molar-refractivity contribution in [2.24, 2.45) is 0 Å². The van der Waals surface area contributed by atoms with E-state index in [1.807, 2.05) is 13.8 Å². The fraction of sp³-hybridized carbons (Fsp3) is 0.400. The summed E-state index contributed by atoms with van der Waals surface area (Å²) in [5, 5.41) is 0. The third-order valence-electron chi connectivity index (χ3n) is 3.48. The van der Waals surface area contributed by atoms with Crippen LogP contribution in [0.15, 0.2) is 41.8 Å². The van der Waals surface area contributed by atoms with Crippen molar-refractivity contribution in [3.63, 3.8) is 0 Å². The van der Waals surface area contributed by atoms with Crippen LogP contribution in [0, 0.1) is 6.92 Å². The van der Waals surface area contributed by atoms with E-state index in [-0.39, 0.29) is 4.90 Å². The number of sulfonamides is 1. The second-order valence-electron chi connectivity index (χ2n) is 5.05. The molecule has 6 heteroatoms. The van der Waals surface area contributed by atoms with E-state index in [0.29, 0.717) is 6.42 Å². The molecule has 21 heavy (non-hydrogen) atoms.